The lowest BCUT2D eigenvalue weighted by molar-refractivity contribution is 0.0586. The van der Waals surface area contributed by atoms with Crippen LogP contribution in [-0.2, 0) is 13.3 Å². The number of hydrogen-bond acceptors (Lipinski definition) is 4. The third-order valence-electron chi connectivity index (χ3n) is 9.35. The molecule has 0 bridgehead atoms. The number of nitrogens with one attached hydrogen (secondary N) is 1. The fourth-order valence-electron chi connectivity index (χ4n) is 5.18. The van der Waals surface area contributed by atoms with E-state index >= 15 is 0 Å². The molecule has 0 radical (unpaired) electrons. The Morgan fingerprint density at radius 2 is 1.21 bits per heavy atom. The van der Waals surface area contributed by atoms with Crippen LogP contribution in [0.3, 0.4) is 0 Å². The molecular weight excluding hydrogens is 471 g/mol. The van der Waals surface area contributed by atoms with Crippen molar-refractivity contribution in [2.45, 2.75) is 155 Å². The Balaban J connectivity index is 3.16. The van der Waals surface area contributed by atoms with Gasteiger partial charge < -0.3 is 13.3 Å². The highest BCUT2D eigenvalue weighted by Gasteiger charge is 2.48. The van der Waals surface area contributed by atoms with E-state index in [2.05, 4.69) is 115 Å². The summed E-state index contributed by atoms with van der Waals surface area (Å²) in [6.45, 7) is 39.3. The summed E-state index contributed by atoms with van der Waals surface area (Å²) in [5, 5.41) is 4.10. The summed E-state index contributed by atoms with van der Waals surface area (Å²) < 4.78 is 21.0. The Bertz CT molecular complexity index is 614. The van der Waals surface area contributed by atoms with Crippen molar-refractivity contribution >= 4 is 25.0 Å². The van der Waals surface area contributed by atoms with Gasteiger partial charge in [0.2, 0.25) is 0 Å². The molecule has 1 heterocycles. The van der Waals surface area contributed by atoms with Crippen LogP contribution in [0.15, 0.2) is 0 Å². The maximum absolute atomic E-state index is 7.12. The van der Waals surface area contributed by atoms with Crippen LogP contribution in [0.25, 0.3) is 0 Å². The van der Waals surface area contributed by atoms with Gasteiger partial charge in [-0.05, 0) is 59.3 Å². The molecule has 1 aliphatic rings. The average Bonchev–Trinajstić information content (AvgIpc) is 3.05. The van der Waals surface area contributed by atoms with Gasteiger partial charge in [-0.1, -0.05) is 83.1 Å². The average molecular weight is 532 g/mol. The molecule has 0 amide bonds. The molecule has 204 valence electrons. The lowest BCUT2D eigenvalue weighted by atomic mass is 10.0. The lowest BCUT2D eigenvalue weighted by Gasteiger charge is -2.45. The van der Waals surface area contributed by atoms with E-state index in [1.165, 1.54) is 0 Å². The maximum Gasteiger partial charge on any atom is 0.200 e. The largest absolute Gasteiger partial charge is 0.413 e. The topological polar surface area (TPSA) is 39.7 Å². The van der Waals surface area contributed by atoms with Crippen molar-refractivity contribution in [1.82, 2.24) is 5.32 Å². The molecule has 1 rings (SSSR count). The summed E-state index contributed by atoms with van der Waals surface area (Å²) in [4.78, 5) is 0. The van der Waals surface area contributed by atoms with Crippen molar-refractivity contribution in [2.75, 3.05) is 13.2 Å². The molecule has 1 saturated heterocycles. The van der Waals surface area contributed by atoms with E-state index in [0.717, 1.165) is 13.0 Å². The minimum atomic E-state index is -1.95. The van der Waals surface area contributed by atoms with E-state index in [1.54, 1.807) is 0 Å². The van der Waals surface area contributed by atoms with Gasteiger partial charge in [0.05, 0.1) is 18.9 Å². The first-order valence-electron chi connectivity index (χ1n) is 13.8. The molecule has 0 aromatic carbocycles. The molecule has 0 saturated carbocycles. The smallest absolute Gasteiger partial charge is 0.200 e. The second kappa shape index (κ2) is 11.5. The second-order valence-corrected chi connectivity index (χ2v) is 29.8. The van der Waals surface area contributed by atoms with E-state index in [1.807, 2.05) is 0 Å². The molecule has 1 fully saturated rings. The summed E-state index contributed by atoms with van der Waals surface area (Å²) >= 11 is 0. The molecule has 0 aromatic rings. The first kappa shape index (κ1) is 32.5. The first-order valence-corrected chi connectivity index (χ1v) is 21.8. The maximum atomic E-state index is 7.12. The predicted molar refractivity (Wildman–Crippen MR) is 157 cm³/mol. The molecule has 0 aliphatic carbocycles. The highest BCUT2D eigenvalue weighted by atomic mass is 28.4. The molecule has 3 unspecified atom stereocenters. The van der Waals surface area contributed by atoms with Crippen molar-refractivity contribution in [3.8, 4) is 0 Å². The lowest BCUT2D eigenvalue weighted by Crippen LogP contribution is -2.52. The van der Waals surface area contributed by atoms with Gasteiger partial charge in [-0.2, -0.15) is 0 Å². The van der Waals surface area contributed by atoms with Crippen molar-refractivity contribution in [3.63, 3.8) is 0 Å². The molecule has 4 nitrogen and oxygen atoms in total. The minimum Gasteiger partial charge on any atom is -0.413 e. The van der Waals surface area contributed by atoms with Gasteiger partial charge in [0.1, 0.15) is 0 Å². The Morgan fingerprint density at radius 1 is 0.765 bits per heavy atom. The van der Waals surface area contributed by atoms with Crippen LogP contribution in [-0.4, -0.2) is 50.4 Å². The summed E-state index contributed by atoms with van der Waals surface area (Å²) in [6, 6.07) is 0. The third kappa shape index (κ3) is 7.51. The van der Waals surface area contributed by atoms with Gasteiger partial charge in [-0.25, -0.2) is 0 Å². The van der Waals surface area contributed by atoms with Crippen LogP contribution in [0, 0.1) is 5.92 Å². The zero-order chi connectivity index (χ0) is 26.9. The van der Waals surface area contributed by atoms with Crippen molar-refractivity contribution in [3.05, 3.63) is 0 Å². The van der Waals surface area contributed by atoms with Gasteiger partial charge in [-0.15, -0.1) is 0 Å². The summed E-state index contributed by atoms with van der Waals surface area (Å²) in [5.41, 5.74) is 1.74. The Hall–Kier alpha value is 0.491. The molecule has 34 heavy (non-hydrogen) atoms. The molecule has 0 spiro atoms. The zero-order valence-corrected chi connectivity index (χ0v) is 28.8. The van der Waals surface area contributed by atoms with Gasteiger partial charge >= 0.3 is 0 Å². The van der Waals surface area contributed by atoms with Crippen molar-refractivity contribution in [1.29, 1.82) is 0 Å². The van der Waals surface area contributed by atoms with Crippen LogP contribution in [0.5, 0.6) is 0 Å². The van der Waals surface area contributed by atoms with E-state index in [-0.39, 0.29) is 22.4 Å². The Labute approximate surface area is 217 Å². The minimum absolute atomic E-state index is 0.115. The standard InChI is InChI=1S/C27H61NO3Si3/c1-20(2)34(21(3)4,22(5)6)29-19-24(30-32(13,14)26(7,8)9)23-17-25(28-18-23)31-33(15,16)27(10,11)12/h20-25,28H,17-19H2,1-16H3. The summed E-state index contributed by atoms with van der Waals surface area (Å²) in [7, 11) is -5.71. The monoisotopic (exact) mass is 531 g/mol. The van der Waals surface area contributed by atoms with E-state index in [9.17, 15) is 0 Å². The molecule has 7 heteroatoms. The van der Waals surface area contributed by atoms with E-state index in [0.29, 0.717) is 29.1 Å². The highest BCUT2D eigenvalue weighted by Crippen LogP contribution is 2.44. The quantitative estimate of drug-likeness (QED) is 0.271. The van der Waals surface area contributed by atoms with E-state index < -0.39 is 25.0 Å². The SMILES string of the molecule is CC(C)[Si](OCC(O[Si](C)(C)C(C)(C)C)C1CNC(O[Si](C)(C)C(C)(C)C)C1)(C(C)C)C(C)C. The van der Waals surface area contributed by atoms with Gasteiger partial charge in [-0.3, -0.25) is 5.32 Å². The predicted octanol–water partition coefficient (Wildman–Crippen LogP) is 8.53. The normalized spacial score (nSPS) is 22.3. The second-order valence-electron chi connectivity index (χ2n) is 14.8. The molecule has 1 N–H and O–H groups in total. The Kier molecular flexibility index (Phi) is 11.0. The molecule has 3 atom stereocenters. The number of hydrogen-bond donors (Lipinski definition) is 1. The van der Waals surface area contributed by atoms with Crippen LogP contribution < -0.4 is 5.32 Å². The van der Waals surface area contributed by atoms with Crippen molar-refractivity contribution in [2.24, 2.45) is 5.92 Å². The summed E-state index contributed by atoms with van der Waals surface area (Å²) in [5.74, 6) is 0.419. The van der Waals surface area contributed by atoms with Crippen LogP contribution in [0.1, 0.15) is 89.5 Å². The van der Waals surface area contributed by atoms with Crippen LogP contribution in [0.4, 0.5) is 0 Å². The fourth-order valence-corrected chi connectivity index (χ4v) is 13.2. The fraction of sp³-hybridized carbons (Fsp3) is 1.00. The number of rotatable bonds is 11. The van der Waals surface area contributed by atoms with Crippen LogP contribution >= 0.6 is 0 Å². The molecular formula is C27H61NO3Si3. The zero-order valence-electron chi connectivity index (χ0n) is 25.8. The Morgan fingerprint density at radius 3 is 1.59 bits per heavy atom. The van der Waals surface area contributed by atoms with Gasteiger partial charge in [0, 0.05) is 12.5 Å². The van der Waals surface area contributed by atoms with Crippen LogP contribution in [0.2, 0.25) is 52.9 Å². The molecule has 1 aliphatic heterocycles. The van der Waals surface area contributed by atoms with Gasteiger partial charge in [0.15, 0.2) is 25.0 Å². The molecule has 0 aromatic heterocycles. The third-order valence-corrected chi connectivity index (χ3v) is 24.4. The van der Waals surface area contributed by atoms with Gasteiger partial charge in [0.25, 0.3) is 0 Å². The highest BCUT2D eigenvalue weighted by molar-refractivity contribution is 6.77. The first-order chi connectivity index (χ1) is 15.1. The van der Waals surface area contributed by atoms with Crippen molar-refractivity contribution < 1.29 is 13.3 Å². The summed E-state index contributed by atoms with van der Waals surface area (Å²) in [6.07, 6.45) is 1.25. The van der Waals surface area contributed by atoms with E-state index in [4.69, 9.17) is 13.3 Å².